The third-order valence-corrected chi connectivity index (χ3v) is 3.89. The summed E-state index contributed by atoms with van der Waals surface area (Å²) in [5.41, 5.74) is 5.30. The first-order valence-electron chi connectivity index (χ1n) is 7.47. The third kappa shape index (κ3) is 3.10. The van der Waals surface area contributed by atoms with E-state index in [1.165, 1.54) is 5.56 Å². The van der Waals surface area contributed by atoms with Crippen LogP contribution in [0.15, 0.2) is 59.1 Å². The molecule has 22 heavy (non-hydrogen) atoms. The van der Waals surface area contributed by atoms with Crippen molar-refractivity contribution >= 4 is 0 Å². The molecule has 0 unspecified atom stereocenters. The molecule has 0 aliphatic rings. The van der Waals surface area contributed by atoms with Gasteiger partial charge in [0, 0.05) is 11.1 Å². The molecule has 0 radical (unpaired) electrons. The van der Waals surface area contributed by atoms with Gasteiger partial charge < -0.3 is 9.63 Å². The van der Waals surface area contributed by atoms with E-state index in [9.17, 15) is 0 Å². The number of nitrogens with zero attached hydrogens (tertiary/aromatic N) is 1. The fraction of sp³-hybridized carbons (Fsp3) is 0.211. The topological polar surface area (TPSA) is 46.3 Å². The largest absolute Gasteiger partial charge is 0.392 e. The second kappa shape index (κ2) is 6.58. The predicted molar refractivity (Wildman–Crippen MR) is 86.4 cm³/mol. The van der Waals surface area contributed by atoms with E-state index in [1.54, 1.807) is 0 Å². The first-order chi connectivity index (χ1) is 10.8. The highest BCUT2D eigenvalue weighted by Gasteiger charge is 2.14. The number of hydrogen-bond acceptors (Lipinski definition) is 3. The molecule has 3 heteroatoms. The molecule has 112 valence electrons. The first-order valence-corrected chi connectivity index (χ1v) is 7.47. The molecule has 0 atom stereocenters. The lowest BCUT2D eigenvalue weighted by molar-refractivity contribution is 0.282. The zero-order valence-electron chi connectivity index (χ0n) is 12.6. The summed E-state index contributed by atoms with van der Waals surface area (Å²) in [4.78, 5) is 0. The van der Waals surface area contributed by atoms with Crippen LogP contribution in [-0.2, 0) is 19.4 Å². The Kier molecular flexibility index (Phi) is 4.35. The fourth-order valence-electron chi connectivity index (χ4n) is 2.59. The Morgan fingerprint density at radius 2 is 1.64 bits per heavy atom. The van der Waals surface area contributed by atoms with E-state index in [0.717, 1.165) is 41.0 Å². The number of aliphatic hydroxyl groups excluding tert-OH is 1. The van der Waals surface area contributed by atoms with Crippen molar-refractivity contribution in [2.24, 2.45) is 0 Å². The second-order valence-electron chi connectivity index (χ2n) is 5.42. The Hall–Kier alpha value is -2.39. The molecular formula is C19H19NO2. The number of aryl methyl sites for hydroxylation is 2. The average Bonchev–Trinajstić information content (AvgIpc) is 2.95. The van der Waals surface area contributed by atoms with Crippen LogP contribution < -0.4 is 0 Å². The van der Waals surface area contributed by atoms with Crippen molar-refractivity contribution in [3.05, 3.63) is 77.0 Å². The van der Waals surface area contributed by atoms with Gasteiger partial charge >= 0.3 is 0 Å². The zero-order chi connectivity index (χ0) is 15.4. The minimum Gasteiger partial charge on any atom is -0.392 e. The zero-order valence-corrected chi connectivity index (χ0v) is 12.6. The highest BCUT2D eigenvalue weighted by molar-refractivity contribution is 5.62. The molecule has 0 saturated carbocycles. The Balaban J connectivity index is 1.83. The Morgan fingerprint density at radius 1 is 0.909 bits per heavy atom. The maximum atomic E-state index is 9.13. The van der Waals surface area contributed by atoms with Crippen molar-refractivity contribution < 1.29 is 9.63 Å². The van der Waals surface area contributed by atoms with E-state index < -0.39 is 0 Å². The molecule has 3 aromatic rings. The van der Waals surface area contributed by atoms with Crippen LogP contribution in [0.1, 0.15) is 22.4 Å². The van der Waals surface area contributed by atoms with E-state index >= 15 is 0 Å². The summed E-state index contributed by atoms with van der Waals surface area (Å²) in [6.45, 7) is 2.03. The quantitative estimate of drug-likeness (QED) is 0.775. The molecule has 1 heterocycles. The molecule has 0 saturated heterocycles. The molecule has 0 fully saturated rings. The Bertz CT molecular complexity index is 730. The smallest absolute Gasteiger partial charge is 0.170 e. The van der Waals surface area contributed by atoms with Crippen molar-refractivity contribution in [2.75, 3.05) is 0 Å². The van der Waals surface area contributed by atoms with Gasteiger partial charge in [0.15, 0.2) is 5.76 Å². The second-order valence-corrected chi connectivity index (χ2v) is 5.42. The maximum Gasteiger partial charge on any atom is 0.170 e. The van der Waals surface area contributed by atoms with Crippen molar-refractivity contribution in [3.63, 3.8) is 0 Å². The summed E-state index contributed by atoms with van der Waals surface area (Å²) >= 11 is 0. The van der Waals surface area contributed by atoms with Gasteiger partial charge in [-0.25, -0.2) is 0 Å². The lowest BCUT2D eigenvalue weighted by Gasteiger charge is -2.04. The van der Waals surface area contributed by atoms with Crippen LogP contribution >= 0.6 is 0 Å². The maximum absolute atomic E-state index is 9.13. The van der Waals surface area contributed by atoms with Crippen LogP contribution in [0.25, 0.3) is 11.3 Å². The first kappa shape index (κ1) is 14.5. The van der Waals surface area contributed by atoms with Crippen LogP contribution in [0.5, 0.6) is 0 Å². The molecular weight excluding hydrogens is 274 g/mol. The summed E-state index contributed by atoms with van der Waals surface area (Å²) in [6, 6.07) is 18.2. The summed E-state index contributed by atoms with van der Waals surface area (Å²) in [7, 11) is 0. The van der Waals surface area contributed by atoms with Gasteiger partial charge in [-0.3, -0.25) is 0 Å². The predicted octanol–water partition coefficient (Wildman–Crippen LogP) is 3.93. The molecule has 0 spiro atoms. The summed E-state index contributed by atoms with van der Waals surface area (Å²) in [6.07, 6.45) is 1.86. The third-order valence-electron chi connectivity index (χ3n) is 3.89. The number of benzene rings is 2. The van der Waals surface area contributed by atoms with Gasteiger partial charge in [-0.05, 0) is 30.9 Å². The van der Waals surface area contributed by atoms with Gasteiger partial charge in [0.1, 0.15) is 0 Å². The molecule has 0 amide bonds. The lowest BCUT2D eigenvalue weighted by Crippen LogP contribution is -1.94. The molecule has 1 aromatic heterocycles. The number of aromatic nitrogens is 1. The van der Waals surface area contributed by atoms with Gasteiger partial charge in [0.2, 0.25) is 0 Å². The van der Waals surface area contributed by atoms with Crippen LogP contribution in [-0.4, -0.2) is 10.3 Å². The van der Waals surface area contributed by atoms with Gasteiger partial charge in [-0.1, -0.05) is 59.8 Å². The molecule has 0 aliphatic carbocycles. The van der Waals surface area contributed by atoms with Gasteiger partial charge in [-0.2, -0.15) is 0 Å². The normalized spacial score (nSPS) is 10.8. The van der Waals surface area contributed by atoms with Crippen LogP contribution in [0.4, 0.5) is 0 Å². The van der Waals surface area contributed by atoms with E-state index in [4.69, 9.17) is 9.63 Å². The number of hydrogen-bond donors (Lipinski definition) is 1. The summed E-state index contributed by atoms with van der Waals surface area (Å²) < 4.78 is 5.53. The standard InChI is InChI=1S/C19H19NO2/c1-14-18(12-9-15-5-3-2-4-6-15)19(22-20-14)17-10-7-16(13-21)8-11-17/h2-8,10-11,21H,9,12-13H2,1H3. The van der Waals surface area contributed by atoms with Gasteiger partial charge in [0.25, 0.3) is 0 Å². The number of rotatable bonds is 5. The fourth-order valence-corrected chi connectivity index (χ4v) is 2.59. The minimum atomic E-state index is 0.0522. The number of aliphatic hydroxyl groups is 1. The molecule has 2 aromatic carbocycles. The average molecular weight is 293 g/mol. The van der Waals surface area contributed by atoms with Crippen LogP contribution in [0, 0.1) is 6.92 Å². The molecule has 0 aliphatic heterocycles. The van der Waals surface area contributed by atoms with E-state index in [1.807, 2.05) is 37.3 Å². The van der Waals surface area contributed by atoms with E-state index in [-0.39, 0.29) is 6.61 Å². The Labute approximate surface area is 130 Å². The molecule has 1 N–H and O–H groups in total. The van der Waals surface area contributed by atoms with Gasteiger partial charge in [-0.15, -0.1) is 0 Å². The molecule has 0 bridgehead atoms. The van der Waals surface area contributed by atoms with Crippen molar-refractivity contribution in [1.82, 2.24) is 5.16 Å². The summed E-state index contributed by atoms with van der Waals surface area (Å²) in [5.74, 6) is 0.831. The van der Waals surface area contributed by atoms with Crippen molar-refractivity contribution in [1.29, 1.82) is 0 Å². The van der Waals surface area contributed by atoms with Crippen LogP contribution in [0.3, 0.4) is 0 Å². The van der Waals surface area contributed by atoms with E-state index in [0.29, 0.717) is 0 Å². The summed E-state index contributed by atoms with van der Waals surface area (Å²) in [5, 5.41) is 13.3. The van der Waals surface area contributed by atoms with Gasteiger partial charge in [0.05, 0.1) is 12.3 Å². The van der Waals surface area contributed by atoms with Crippen LogP contribution in [0.2, 0.25) is 0 Å². The monoisotopic (exact) mass is 293 g/mol. The van der Waals surface area contributed by atoms with Crippen molar-refractivity contribution in [3.8, 4) is 11.3 Å². The molecule has 3 nitrogen and oxygen atoms in total. The SMILES string of the molecule is Cc1noc(-c2ccc(CO)cc2)c1CCc1ccccc1. The van der Waals surface area contributed by atoms with E-state index in [2.05, 4.69) is 29.4 Å². The lowest BCUT2D eigenvalue weighted by atomic mass is 9.99. The van der Waals surface area contributed by atoms with Crippen molar-refractivity contribution in [2.45, 2.75) is 26.4 Å². The highest BCUT2D eigenvalue weighted by atomic mass is 16.5. The molecule has 3 rings (SSSR count). The highest BCUT2D eigenvalue weighted by Crippen LogP contribution is 2.27. The Morgan fingerprint density at radius 3 is 2.32 bits per heavy atom. The minimum absolute atomic E-state index is 0.0522.